The van der Waals surface area contributed by atoms with Gasteiger partial charge < -0.3 is 4.74 Å². The first-order valence-corrected chi connectivity index (χ1v) is 5.54. The van der Waals surface area contributed by atoms with Gasteiger partial charge in [-0.05, 0) is 25.2 Å². The second-order valence-corrected chi connectivity index (χ2v) is 4.57. The van der Waals surface area contributed by atoms with Gasteiger partial charge in [-0.1, -0.05) is 6.92 Å². The van der Waals surface area contributed by atoms with Crippen LogP contribution in [0.1, 0.15) is 26.2 Å². The fourth-order valence-corrected chi connectivity index (χ4v) is 1.94. The molecule has 6 heteroatoms. The number of halogens is 4. The standard InChI is InChI=1S/C11H15F4NO/c1-7-2-3-8(5-16)9(4-7)17-6-11(14,15)10(12)13/h7-10H,2-4,6H2,1H3. The minimum absolute atomic E-state index is 0.268. The Bertz CT molecular complexity index is 290. The molecule has 0 aliphatic heterocycles. The Morgan fingerprint density at radius 1 is 1.41 bits per heavy atom. The fraction of sp³-hybridized carbons (Fsp3) is 0.909. The van der Waals surface area contributed by atoms with Gasteiger partial charge in [0.25, 0.3) is 0 Å². The zero-order chi connectivity index (χ0) is 13.1. The zero-order valence-electron chi connectivity index (χ0n) is 9.51. The lowest BCUT2D eigenvalue weighted by atomic mass is 9.81. The van der Waals surface area contributed by atoms with Crippen molar-refractivity contribution in [2.75, 3.05) is 6.61 Å². The second-order valence-electron chi connectivity index (χ2n) is 4.57. The number of hydrogen-bond donors (Lipinski definition) is 0. The highest BCUT2D eigenvalue weighted by molar-refractivity contribution is 4.93. The second kappa shape index (κ2) is 5.67. The molecule has 0 heterocycles. The van der Waals surface area contributed by atoms with E-state index < -0.39 is 31.0 Å². The Kier molecular flexibility index (Phi) is 4.75. The number of nitriles is 1. The number of alkyl halides is 4. The first-order valence-electron chi connectivity index (χ1n) is 5.54. The monoisotopic (exact) mass is 253 g/mol. The maximum absolute atomic E-state index is 12.7. The van der Waals surface area contributed by atoms with Crippen molar-refractivity contribution >= 4 is 0 Å². The summed E-state index contributed by atoms with van der Waals surface area (Å²) >= 11 is 0. The summed E-state index contributed by atoms with van der Waals surface area (Å²) in [6, 6.07) is 1.98. The smallest absolute Gasteiger partial charge is 0.330 e. The van der Waals surface area contributed by atoms with E-state index in [2.05, 4.69) is 0 Å². The molecule has 3 unspecified atom stereocenters. The van der Waals surface area contributed by atoms with Gasteiger partial charge in [0.2, 0.25) is 0 Å². The summed E-state index contributed by atoms with van der Waals surface area (Å²) in [7, 11) is 0. The van der Waals surface area contributed by atoms with Crippen LogP contribution >= 0.6 is 0 Å². The Balaban J connectivity index is 2.51. The lowest BCUT2D eigenvalue weighted by Crippen LogP contribution is -2.38. The molecule has 3 atom stereocenters. The van der Waals surface area contributed by atoms with Crippen LogP contribution in [0.15, 0.2) is 0 Å². The summed E-state index contributed by atoms with van der Waals surface area (Å²) in [5.74, 6) is -4.34. The van der Waals surface area contributed by atoms with Crippen LogP contribution in [-0.4, -0.2) is 25.1 Å². The van der Waals surface area contributed by atoms with E-state index >= 15 is 0 Å². The molecule has 1 aliphatic rings. The molecule has 1 rings (SSSR count). The Morgan fingerprint density at radius 2 is 2.06 bits per heavy atom. The van der Waals surface area contributed by atoms with Crippen LogP contribution in [0.2, 0.25) is 0 Å². The Morgan fingerprint density at radius 3 is 2.59 bits per heavy atom. The van der Waals surface area contributed by atoms with E-state index in [9.17, 15) is 17.6 Å². The summed E-state index contributed by atoms with van der Waals surface area (Å²) < 4.78 is 54.0. The van der Waals surface area contributed by atoms with Gasteiger partial charge in [-0.15, -0.1) is 0 Å². The van der Waals surface area contributed by atoms with Crippen LogP contribution in [-0.2, 0) is 4.74 Å². The molecule has 0 bridgehead atoms. The van der Waals surface area contributed by atoms with Crippen molar-refractivity contribution in [2.24, 2.45) is 11.8 Å². The lowest BCUT2D eigenvalue weighted by Gasteiger charge is -2.31. The zero-order valence-corrected chi connectivity index (χ0v) is 9.51. The van der Waals surface area contributed by atoms with Crippen LogP contribution in [0.3, 0.4) is 0 Å². The van der Waals surface area contributed by atoms with Crippen LogP contribution in [0.25, 0.3) is 0 Å². The third-order valence-corrected chi connectivity index (χ3v) is 3.03. The molecule has 0 spiro atoms. The van der Waals surface area contributed by atoms with E-state index in [1.165, 1.54) is 0 Å². The van der Waals surface area contributed by atoms with Gasteiger partial charge in [-0.2, -0.15) is 14.0 Å². The van der Waals surface area contributed by atoms with E-state index in [4.69, 9.17) is 10.00 Å². The van der Waals surface area contributed by atoms with E-state index in [1.54, 1.807) is 0 Å². The van der Waals surface area contributed by atoms with E-state index in [-0.39, 0.29) is 5.92 Å². The highest BCUT2D eigenvalue weighted by atomic mass is 19.3. The largest absolute Gasteiger partial charge is 0.370 e. The van der Waals surface area contributed by atoms with Crippen LogP contribution in [0, 0.1) is 23.2 Å². The summed E-state index contributed by atoms with van der Waals surface area (Å²) in [6.45, 7) is 0.607. The van der Waals surface area contributed by atoms with Crippen LogP contribution in [0.5, 0.6) is 0 Å². The van der Waals surface area contributed by atoms with Crippen molar-refractivity contribution in [1.29, 1.82) is 5.26 Å². The van der Waals surface area contributed by atoms with Gasteiger partial charge in [0.1, 0.15) is 6.61 Å². The van der Waals surface area contributed by atoms with Gasteiger partial charge in [-0.3, -0.25) is 0 Å². The van der Waals surface area contributed by atoms with E-state index in [0.717, 1.165) is 6.42 Å². The molecule has 1 aliphatic carbocycles. The molecule has 98 valence electrons. The maximum atomic E-state index is 12.7. The minimum Gasteiger partial charge on any atom is -0.370 e. The SMILES string of the molecule is CC1CCC(C#N)C(OCC(F)(F)C(F)F)C1. The molecule has 0 amide bonds. The molecule has 0 saturated heterocycles. The lowest BCUT2D eigenvalue weighted by molar-refractivity contribution is -0.182. The fourth-order valence-electron chi connectivity index (χ4n) is 1.94. The highest BCUT2D eigenvalue weighted by Crippen LogP contribution is 2.32. The quantitative estimate of drug-likeness (QED) is 0.720. The topological polar surface area (TPSA) is 33.0 Å². The summed E-state index contributed by atoms with van der Waals surface area (Å²) in [4.78, 5) is 0. The average Bonchev–Trinajstić information content (AvgIpc) is 2.26. The van der Waals surface area contributed by atoms with Crippen molar-refractivity contribution in [1.82, 2.24) is 0 Å². The van der Waals surface area contributed by atoms with Crippen molar-refractivity contribution in [3.63, 3.8) is 0 Å². The van der Waals surface area contributed by atoms with Gasteiger partial charge in [-0.25, -0.2) is 8.78 Å². The average molecular weight is 253 g/mol. The molecular formula is C11H15F4NO. The summed E-state index contributed by atoms with van der Waals surface area (Å²) in [5.41, 5.74) is 0. The third-order valence-electron chi connectivity index (χ3n) is 3.03. The third kappa shape index (κ3) is 3.84. The first kappa shape index (κ1) is 14.2. The molecule has 0 aromatic carbocycles. The number of ether oxygens (including phenoxy) is 1. The predicted octanol–water partition coefficient (Wildman–Crippen LogP) is 3.23. The van der Waals surface area contributed by atoms with Crippen molar-refractivity contribution in [3.8, 4) is 6.07 Å². The number of nitrogens with zero attached hydrogens (tertiary/aromatic N) is 1. The predicted molar refractivity (Wildman–Crippen MR) is 52.8 cm³/mol. The van der Waals surface area contributed by atoms with Gasteiger partial charge in [0, 0.05) is 0 Å². The van der Waals surface area contributed by atoms with Crippen molar-refractivity contribution in [3.05, 3.63) is 0 Å². The Labute approximate surface area is 97.6 Å². The highest BCUT2D eigenvalue weighted by Gasteiger charge is 2.42. The number of hydrogen-bond acceptors (Lipinski definition) is 2. The normalized spacial score (nSPS) is 30.3. The Hall–Kier alpha value is -0.830. The molecule has 0 N–H and O–H groups in total. The molecule has 0 aromatic rings. The molecular weight excluding hydrogens is 238 g/mol. The van der Waals surface area contributed by atoms with E-state index in [0.29, 0.717) is 12.8 Å². The first-order chi connectivity index (χ1) is 7.86. The minimum atomic E-state index is -4.14. The van der Waals surface area contributed by atoms with Gasteiger partial charge >= 0.3 is 12.3 Å². The summed E-state index contributed by atoms with van der Waals surface area (Å²) in [5, 5.41) is 8.82. The molecule has 0 radical (unpaired) electrons. The summed E-state index contributed by atoms with van der Waals surface area (Å²) in [6.07, 6.45) is -2.51. The molecule has 1 fully saturated rings. The van der Waals surface area contributed by atoms with E-state index in [1.807, 2.05) is 13.0 Å². The maximum Gasteiger partial charge on any atom is 0.330 e. The number of rotatable bonds is 4. The van der Waals surface area contributed by atoms with Crippen LogP contribution in [0.4, 0.5) is 17.6 Å². The van der Waals surface area contributed by atoms with Crippen molar-refractivity contribution < 1.29 is 22.3 Å². The molecule has 2 nitrogen and oxygen atoms in total. The molecule has 0 aromatic heterocycles. The molecule has 1 saturated carbocycles. The molecule has 17 heavy (non-hydrogen) atoms. The van der Waals surface area contributed by atoms with Crippen molar-refractivity contribution in [2.45, 2.75) is 44.6 Å². The van der Waals surface area contributed by atoms with Crippen LogP contribution < -0.4 is 0 Å². The van der Waals surface area contributed by atoms with Gasteiger partial charge in [0.05, 0.1) is 18.1 Å². The van der Waals surface area contributed by atoms with Gasteiger partial charge in [0.15, 0.2) is 0 Å².